The first-order chi connectivity index (χ1) is 13.2. The van der Waals surface area contributed by atoms with Gasteiger partial charge in [-0.1, -0.05) is 30.3 Å². The number of likely N-dealkylation sites (tertiary alicyclic amines) is 1. The Morgan fingerprint density at radius 3 is 2.81 bits per heavy atom. The van der Waals surface area contributed by atoms with Crippen LogP contribution in [0.4, 0.5) is 5.95 Å². The van der Waals surface area contributed by atoms with Crippen molar-refractivity contribution in [1.82, 2.24) is 29.6 Å². The summed E-state index contributed by atoms with van der Waals surface area (Å²) in [6.07, 6.45) is 4.60. The maximum absolute atomic E-state index is 4.64. The summed E-state index contributed by atoms with van der Waals surface area (Å²) in [4.78, 5) is 15.8. The summed E-state index contributed by atoms with van der Waals surface area (Å²) >= 11 is 0. The number of anilines is 1. The number of nitrogens with one attached hydrogen (secondary N) is 1. The van der Waals surface area contributed by atoms with Gasteiger partial charge >= 0.3 is 0 Å². The molecule has 0 unspecified atom stereocenters. The SMILES string of the molecule is Cc1cnc(NCCN2CC[C@@H](c3ccccc3)C2)nc1-c1ncnn1C. The molecule has 4 rings (SSSR count). The highest BCUT2D eigenvalue weighted by Gasteiger charge is 2.23. The van der Waals surface area contributed by atoms with Crippen molar-refractivity contribution in [2.45, 2.75) is 19.3 Å². The maximum Gasteiger partial charge on any atom is 0.223 e. The van der Waals surface area contributed by atoms with Crippen molar-refractivity contribution in [3.63, 3.8) is 0 Å². The van der Waals surface area contributed by atoms with E-state index in [-0.39, 0.29) is 0 Å². The number of aryl methyl sites for hydroxylation is 2. The average molecular weight is 363 g/mol. The van der Waals surface area contributed by atoms with Crippen LogP contribution in [0.5, 0.6) is 0 Å². The Bertz CT molecular complexity index is 890. The number of rotatable bonds is 6. The Kier molecular flexibility index (Phi) is 5.11. The van der Waals surface area contributed by atoms with Crippen LogP contribution < -0.4 is 5.32 Å². The Balaban J connectivity index is 1.33. The van der Waals surface area contributed by atoms with Gasteiger partial charge < -0.3 is 10.2 Å². The molecule has 3 aromatic rings. The van der Waals surface area contributed by atoms with Crippen molar-refractivity contribution in [3.05, 3.63) is 54.0 Å². The van der Waals surface area contributed by atoms with Crippen LogP contribution in [0.3, 0.4) is 0 Å². The van der Waals surface area contributed by atoms with Gasteiger partial charge in [-0.15, -0.1) is 0 Å². The third-order valence-electron chi connectivity index (χ3n) is 5.15. The van der Waals surface area contributed by atoms with Crippen molar-refractivity contribution >= 4 is 5.95 Å². The Labute approximate surface area is 159 Å². The molecule has 1 saturated heterocycles. The van der Waals surface area contributed by atoms with Crippen molar-refractivity contribution in [1.29, 1.82) is 0 Å². The minimum absolute atomic E-state index is 0.636. The number of aromatic nitrogens is 5. The van der Waals surface area contributed by atoms with Crippen molar-refractivity contribution in [3.8, 4) is 11.5 Å². The molecule has 0 amide bonds. The van der Waals surface area contributed by atoms with Gasteiger partial charge in [-0.05, 0) is 36.9 Å². The Hall–Kier alpha value is -2.80. The third-order valence-corrected chi connectivity index (χ3v) is 5.15. The van der Waals surface area contributed by atoms with Crippen LogP contribution in [0, 0.1) is 6.92 Å². The molecule has 0 aliphatic carbocycles. The highest BCUT2D eigenvalue weighted by atomic mass is 15.3. The molecule has 7 heteroatoms. The van der Waals surface area contributed by atoms with E-state index in [4.69, 9.17) is 0 Å². The van der Waals surface area contributed by atoms with E-state index in [0.29, 0.717) is 11.9 Å². The van der Waals surface area contributed by atoms with Crippen molar-refractivity contribution in [2.75, 3.05) is 31.5 Å². The van der Waals surface area contributed by atoms with Crippen molar-refractivity contribution in [2.24, 2.45) is 7.05 Å². The lowest BCUT2D eigenvalue weighted by molar-refractivity contribution is 0.347. The van der Waals surface area contributed by atoms with Gasteiger partial charge in [0.1, 0.15) is 12.0 Å². The largest absolute Gasteiger partial charge is 0.353 e. The topological polar surface area (TPSA) is 71.8 Å². The second kappa shape index (κ2) is 7.84. The predicted molar refractivity (Wildman–Crippen MR) is 105 cm³/mol. The molecule has 1 aliphatic heterocycles. The highest BCUT2D eigenvalue weighted by Crippen LogP contribution is 2.26. The zero-order valence-electron chi connectivity index (χ0n) is 15.8. The molecule has 27 heavy (non-hydrogen) atoms. The standard InChI is InChI=1S/C20H25N7/c1-15-12-22-20(25-18(15)19-23-14-24-26(19)2)21-9-11-27-10-8-17(13-27)16-6-4-3-5-7-16/h3-7,12,14,17H,8-11,13H2,1-2H3,(H,21,22,25)/t17-/m1/s1. The highest BCUT2D eigenvalue weighted by molar-refractivity contribution is 5.55. The van der Waals surface area contributed by atoms with Gasteiger partial charge in [0.05, 0.1) is 0 Å². The molecule has 3 heterocycles. The first-order valence-corrected chi connectivity index (χ1v) is 9.40. The molecule has 0 radical (unpaired) electrons. The monoisotopic (exact) mass is 363 g/mol. The van der Waals surface area contributed by atoms with Crippen LogP contribution in [0.2, 0.25) is 0 Å². The van der Waals surface area contributed by atoms with Gasteiger partial charge in [0.15, 0.2) is 5.82 Å². The van der Waals surface area contributed by atoms with E-state index in [0.717, 1.165) is 43.3 Å². The van der Waals surface area contributed by atoms with E-state index in [1.807, 2.05) is 20.2 Å². The minimum atomic E-state index is 0.636. The lowest BCUT2D eigenvalue weighted by atomic mass is 9.99. The smallest absolute Gasteiger partial charge is 0.223 e. The van der Waals surface area contributed by atoms with E-state index in [9.17, 15) is 0 Å². The van der Waals surface area contributed by atoms with E-state index < -0.39 is 0 Å². The molecule has 1 atom stereocenters. The molecule has 0 spiro atoms. The summed E-state index contributed by atoms with van der Waals surface area (Å²) in [5, 5.41) is 7.48. The first-order valence-electron chi connectivity index (χ1n) is 9.40. The zero-order chi connectivity index (χ0) is 18.6. The zero-order valence-corrected chi connectivity index (χ0v) is 15.8. The second-order valence-electron chi connectivity index (χ2n) is 7.06. The summed E-state index contributed by atoms with van der Waals surface area (Å²) in [7, 11) is 1.87. The van der Waals surface area contributed by atoms with E-state index >= 15 is 0 Å². The average Bonchev–Trinajstić information content (AvgIpc) is 3.33. The van der Waals surface area contributed by atoms with Gasteiger partial charge in [-0.2, -0.15) is 5.10 Å². The summed E-state index contributed by atoms with van der Waals surface area (Å²) in [6, 6.07) is 10.8. The molecule has 7 nitrogen and oxygen atoms in total. The van der Waals surface area contributed by atoms with E-state index in [1.54, 1.807) is 11.0 Å². The summed E-state index contributed by atoms with van der Waals surface area (Å²) < 4.78 is 1.73. The van der Waals surface area contributed by atoms with Crippen LogP contribution in [0.25, 0.3) is 11.5 Å². The van der Waals surface area contributed by atoms with Gasteiger partial charge in [-0.3, -0.25) is 0 Å². The first kappa shape index (κ1) is 17.6. The Morgan fingerprint density at radius 2 is 2.04 bits per heavy atom. The minimum Gasteiger partial charge on any atom is -0.353 e. The van der Waals surface area contributed by atoms with Crippen LogP contribution in [-0.2, 0) is 7.05 Å². The molecule has 2 aromatic heterocycles. The van der Waals surface area contributed by atoms with Crippen LogP contribution in [0.15, 0.2) is 42.9 Å². The second-order valence-corrected chi connectivity index (χ2v) is 7.06. The fourth-order valence-electron chi connectivity index (χ4n) is 3.62. The molecule has 0 bridgehead atoms. The van der Waals surface area contributed by atoms with Gasteiger partial charge in [-0.25, -0.2) is 19.6 Å². The lowest BCUT2D eigenvalue weighted by Gasteiger charge is -2.16. The van der Waals surface area contributed by atoms with Gasteiger partial charge in [0.2, 0.25) is 5.95 Å². The maximum atomic E-state index is 4.64. The van der Waals surface area contributed by atoms with Crippen LogP contribution >= 0.6 is 0 Å². The fraction of sp³-hybridized carbons (Fsp3) is 0.400. The van der Waals surface area contributed by atoms with Gasteiger partial charge in [0.25, 0.3) is 0 Å². The third kappa shape index (κ3) is 3.98. The summed E-state index contributed by atoms with van der Waals surface area (Å²) in [5.41, 5.74) is 3.25. The number of hydrogen-bond acceptors (Lipinski definition) is 6. The fourth-order valence-corrected chi connectivity index (χ4v) is 3.62. The molecule has 0 saturated carbocycles. The molecular weight excluding hydrogens is 338 g/mol. The van der Waals surface area contributed by atoms with Crippen LogP contribution in [0.1, 0.15) is 23.5 Å². The molecule has 1 fully saturated rings. The van der Waals surface area contributed by atoms with E-state index in [1.165, 1.54) is 12.0 Å². The normalized spacial score (nSPS) is 17.3. The molecule has 1 aromatic carbocycles. The summed E-state index contributed by atoms with van der Waals surface area (Å²) in [5.74, 6) is 2.03. The number of nitrogens with zero attached hydrogens (tertiary/aromatic N) is 6. The molecular formula is C20H25N7. The van der Waals surface area contributed by atoms with Crippen molar-refractivity contribution < 1.29 is 0 Å². The predicted octanol–water partition coefficient (Wildman–Crippen LogP) is 2.48. The Morgan fingerprint density at radius 1 is 1.19 bits per heavy atom. The quantitative estimate of drug-likeness (QED) is 0.725. The van der Waals surface area contributed by atoms with Crippen LogP contribution in [-0.4, -0.2) is 55.8 Å². The lowest BCUT2D eigenvalue weighted by Crippen LogP contribution is -2.27. The molecule has 1 N–H and O–H groups in total. The molecule has 140 valence electrons. The van der Waals surface area contributed by atoms with Gasteiger partial charge in [0, 0.05) is 32.9 Å². The molecule has 1 aliphatic rings. The number of hydrogen-bond donors (Lipinski definition) is 1. The summed E-state index contributed by atoms with van der Waals surface area (Å²) in [6.45, 7) is 6.05. The van der Waals surface area contributed by atoms with E-state index in [2.05, 4.69) is 60.6 Å². The number of benzene rings is 1.